The van der Waals surface area contributed by atoms with Crippen LogP contribution in [0.1, 0.15) is 47.5 Å². The highest BCUT2D eigenvalue weighted by Gasteiger charge is 2.35. The molecule has 0 saturated heterocycles. The van der Waals surface area contributed by atoms with Gasteiger partial charge < -0.3 is 15.3 Å². The molecule has 1 rings (SSSR count). The zero-order chi connectivity index (χ0) is 14.8. The van der Waals surface area contributed by atoms with Crippen LogP contribution in [0.3, 0.4) is 0 Å². The first-order chi connectivity index (χ1) is 8.62. The molecule has 19 heavy (non-hydrogen) atoms. The Morgan fingerprint density at radius 3 is 2.16 bits per heavy atom. The number of hydrogen-bond acceptors (Lipinski definition) is 2. The predicted octanol–water partition coefficient (Wildman–Crippen LogP) is 2.32. The summed E-state index contributed by atoms with van der Waals surface area (Å²) in [5, 5.41) is 11.9. The van der Waals surface area contributed by atoms with Crippen molar-refractivity contribution in [2.24, 2.45) is 11.3 Å². The van der Waals surface area contributed by atoms with Gasteiger partial charge in [0.2, 0.25) is 0 Å². The third kappa shape index (κ3) is 4.73. The second-order valence-electron chi connectivity index (χ2n) is 6.78. The maximum Gasteiger partial charge on any atom is 0.326 e. The number of carbonyl (C=O) groups excluding carboxylic acids is 1. The Morgan fingerprint density at radius 2 is 1.84 bits per heavy atom. The molecular formula is C14H26N2O3. The zero-order valence-corrected chi connectivity index (χ0v) is 12.6. The molecule has 1 saturated carbocycles. The van der Waals surface area contributed by atoms with Gasteiger partial charge in [0.05, 0.1) is 0 Å². The van der Waals surface area contributed by atoms with Crippen LogP contribution >= 0.6 is 0 Å². The summed E-state index contributed by atoms with van der Waals surface area (Å²) in [6.45, 7) is 10.1. The summed E-state index contributed by atoms with van der Waals surface area (Å²) in [4.78, 5) is 25.3. The standard InChI is InChI=1S/C14H26N2O3/c1-9(2)16(8-10-6-7-10)13(19)15-11(12(17)18)14(3,4)5/h9-11H,6-8H2,1-5H3,(H,15,19)(H,17,18)/t11-/m0/s1. The van der Waals surface area contributed by atoms with E-state index in [1.807, 2.05) is 34.6 Å². The summed E-state index contributed by atoms with van der Waals surface area (Å²) in [6, 6.07) is -1.07. The van der Waals surface area contributed by atoms with Gasteiger partial charge in [-0.3, -0.25) is 0 Å². The lowest BCUT2D eigenvalue weighted by molar-refractivity contribution is -0.142. The number of urea groups is 1. The van der Waals surface area contributed by atoms with Crippen molar-refractivity contribution in [2.45, 2.75) is 59.5 Å². The molecule has 0 heterocycles. The van der Waals surface area contributed by atoms with E-state index in [2.05, 4.69) is 5.32 Å². The number of nitrogens with zero attached hydrogens (tertiary/aromatic N) is 1. The summed E-state index contributed by atoms with van der Waals surface area (Å²) in [5.41, 5.74) is -0.510. The fourth-order valence-electron chi connectivity index (χ4n) is 1.96. The van der Waals surface area contributed by atoms with Gasteiger partial charge in [0.1, 0.15) is 6.04 Å². The van der Waals surface area contributed by atoms with Gasteiger partial charge in [-0.25, -0.2) is 9.59 Å². The Balaban J connectivity index is 2.70. The van der Waals surface area contributed by atoms with E-state index in [0.717, 1.165) is 19.4 Å². The third-order valence-corrected chi connectivity index (χ3v) is 3.42. The zero-order valence-electron chi connectivity index (χ0n) is 12.6. The van der Waals surface area contributed by atoms with Gasteiger partial charge in [0.15, 0.2) is 0 Å². The van der Waals surface area contributed by atoms with Gasteiger partial charge >= 0.3 is 12.0 Å². The van der Waals surface area contributed by atoms with Crippen LogP contribution in [0.25, 0.3) is 0 Å². The summed E-state index contributed by atoms with van der Waals surface area (Å²) in [5.74, 6) is -0.401. The van der Waals surface area contributed by atoms with Crippen molar-refractivity contribution in [3.8, 4) is 0 Å². The van der Waals surface area contributed by atoms with Crippen LogP contribution in [0.2, 0.25) is 0 Å². The van der Waals surface area contributed by atoms with Crippen LogP contribution < -0.4 is 5.32 Å². The highest BCUT2D eigenvalue weighted by atomic mass is 16.4. The first-order valence-electron chi connectivity index (χ1n) is 6.93. The molecule has 0 radical (unpaired) electrons. The van der Waals surface area contributed by atoms with E-state index in [0.29, 0.717) is 5.92 Å². The molecule has 0 aliphatic heterocycles. The van der Waals surface area contributed by atoms with Crippen LogP contribution in [-0.4, -0.2) is 40.6 Å². The lowest BCUT2D eigenvalue weighted by atomic mass is 9.87. The molecule has 0 aromatic rings. The number of amides is 2. The van der Waals surface area contributed by atoms with Crippen molar-refractivity contribution in [1.82, 2.24) is 10.2 Å². The van der Waals surface area contributed by atoms with Gasteiger partial charge in [0.25, 0.3) is 0 Å². The van der Waals surface area contributed by atoms with Crippen molar-refractivity contribution in [3.63, 3.8) is 0 Å². The van der Waals surface area contributed by atoms with E-state index >= 15 is 0 Å². The maximum absolute atomic E-state index is 12.3. The van der Waals surface area contributed by atoms with Crippen molar-refractivity contribution in [1.29, 1.82) is 0 Å². The summed E-state index contributed by atoms with van der Waals surface area (Å²) in [6.07, 6.45) is 2.33. The van der Waals surface area contributed by atoms with Crippen LogP contribution in [-0.2, 0) is 4.79 Å². The van der Waals surface area contributed by atoms with Gasteiger partial charge in [-0.2, -0.15) is 0 Å². The van der Waals surface area contributed by atoms with E-state index in [1.54, 1.807) is 4.90 Å². The molecule has 0 bridgehead atoms. The molecule has 1 fully saturated rings. The molecule has 5 heteroatoms. The smallest absolute Gasteiger partial charge is 0.326 e. The molecule has 110 valence electrons. The largest absolute Gasteiger partial charge is 0.480 e. The van der Waals surface area contributed by atoms with Crippen molar-refractivity contribution in [2.75, 3.05) is 6.54 Å². The molecule has 0 spiro atoms. The maximum atomic E-state index is 12.3. The van der Waals surface area contributed by atoms with E-state index in [4.69, 9.17) is 0 Å². The lowest BCUT2D eigenvalue weighted by Gasteiger charge is -2.33. The highest BCUT2D eigenvalue weighted by Crippen LogP contribution is 2.30. The molecule has 1 aliphatic carbocycles. The summed E-state index contributed by atoms with van der Waals surface area (Å²) >= 11 is 0. The molecule has 2 N–H and O–H groups in total. The third-order valence-electron chi connectivity index (χ3n) is 3.42. The SMILES string of the molecule is CC(C)N(CC1CC1)C(=O)N[C@@H](C(=O)O)C(C)(C)C. The molecular weight excluding hydrogens is 244 g/mol. The highest BCUT2D eigenvalue weighted by molar-refractivity contribution is 5.83. The Hall–Kier alpha value is -1.26. The van der Waals surface area contributed by atoms with Crippen LogP contribution in [0.15, 0.2) is 0 Å². The van der Waals surface area contributed by atoms with Crippen LogP contribution in [0.5, 0.6) is 0 Å². The average Bonchev–Trinajstić information content (AvgIpc) is 3.03. The van der Waals surface area contributed by atoms with Gasteiger partial charge in [-0.15, -0.1) is 0 Å². The monoisotopic (exact) mass is 270 g/mol. The second-order valence-corrected chi connectivity index (χ2v) is 6.78. The number of carboxylic acid groups (broad SMARTS) is 1. The topological polar surface area (TPSA) is 69.6 Å². The lowest BCUT2D eigenvalue weighted by Crippen LogP contribution is -2.55. The molecule has 1 aliphatic rings. The van der Waals surface area contributed by atoms with E-state index < -0.39 is 17.4 Å². The predicted molar refractivity (Wildman–Crippen MR) is 74.0 cm³/mol. The number of carboxylic acids is 1. The summed E-state index contributed by atoms with van der Waals surface area (Å²) in [7, 11) is 0. The molecule has 1 atom stereocenters. The molecule has 0 aromatic heterocycles. The molecule has 0 unspecified atom stereocenters. The molecule has 2 amide bonds. The Morgan fingerprint density at radius 1 is 1.32 bits per heavy atom. The van der Waals surface area contributed by atoms with E-state index in [9.17, 15) is 14.7 Å². The quantitative estimate of drug-likeness (QED) is 0.805. The van der Waals surface area contributed by atoms with Crippen LogP contribution in [0.4, 0.5) is 4.79 Å². The van der Waals surface area contributed by atoms with Gasteiger partial charge in [-0.1, -0.05) is 20.8 Å². The van der Waals surface area contributed by atoms with E-state index in [-0.39, 0.29) is 12.1 Å². The number of aliphatic carboxylic acids is 1. The first kappa shape index (κ1) is 15.8. The number of hydrogen-bond donors (Lipinski definition) is 2. The molecule has 0 aromatic carbocycles. The minimum absolute atomic E-state index is 0.0787. The second kappa shape index (κ2) is 5.80. The molecule has 5 nitrogen and oxygen atoms in total. The van der Waals surface area contributed by atoms with Gasteiger partial charge in [0, 0.05) is 12.6 Å². The van der Waals surface area contributed by atoms with Gasteiger partial charge in [-0.05, 0) is 38.0 Å². The van der Waals surface area contributed by atoms with Crippen molar-refractivity contribution < 1.29 is 14.7 Å². The average molecular weight is 270 g/mol. The van der Waals surface area contributed by atoms with E-state index in [1.165, 1.54) is 0 Å². The minimum Gasteiger partial charge on any atom is -0.480 e. The Labute approximate surface area is 115 Å². The normalized spacial score (nSPS) is 17.2. The fourth-order valence-corrected chi connectivity index (χ4v) is 1.96. The van der Waals surface area contributed by atoms with Crippen LogP contribution in [0, 0.1) is 11.3 Å². The fraction of sp³-hybridized carbons (Fsp3) is 0.857. The number of carbonyl (C=O) groups is 2. The number of rotatable bonds is 5. The number of nitrogens with one attached hydrogen (secondary N) is 1. The van der Waals surface area contributed by atoms with Crippen molar-refractivity contribution in [3.05, 3.63) is 0 Å². The minimum atomic E-state index is -0.990. The summed E-state index contributed by atoms with van der Waals surface area (Å²) < 4.78 is 0. The Bertz CT molecular complexity index is 343. The Kier molecular flexibility index (Phi) is 4.82. The van der Waals surface area contributed by atoms with Crippen molar-refractivity contribution >= 4 is 12.0 Å². The first-order valence-corrected chi connectivity index (χ1v) is 6.93.